The van der Waals surface area contributed by atoms with Crippen LogP contribution in [0.1, 0.15) is 39.5 Å². The highest BCUT2D eigenvalue weighted by Crippen LogP contribution is 2.33. The zero-order valence-corrected chi connectivity index (χ0v) is 11.1. The van der Waals surface area contributed by atoms with Gasteiger partial charge in [-0.15, -0.1) is 0 Å². The number of carbonyl (C=O) groups excluding carboxylic acids is 2. The maximum Gasteiger partial charge on any atom is 0.311 e. The van der Waals surface area contributed by atoms with Crippen molar-refractivity contribution >= 4 is 11.9 Å². The normalized spacial score (nSPS) is 27.6. The van der Waals surface area contributed by atoms with Crippen molar-refractivity contribution in [3.8, 4) is 0 Å². The molecule has 5 nitrogen and oxygen atoms in total. The molecule has 0 amide bonds. The minimum absolute atomic E-state index is 0.174. The van der Waals surface area contributed by atoms with Crippen molar-refractivity contribution in [2.75, 3.05) is 13.2 Å². The van der Waals surface area contributed by atoms with E-state index in [0.29, 0.717) is 13.0 Å². The molecule has 0 aromatic carbocycles. The highest BCUT2D eigenvalue weighted by atomic mass is 16.5. The second-order valence-corrected chi connectivity index (χ2v) is 4.55. The fourth-order valence-electron chi connectivity index (χ4n) is 2.51. The molecule has 0 aromatic heterocycles. The number of hydrogen-bond acceptors (Lipinski definition) is 5. The third-order valence-electron chi connectivity index (χ3n) is 3.29. The summed E-state index contributed by atoms with van der Waals surface area (Å²) in [7, 11) is 0. The van der Waals surface area contributed by atoms with Gasteiger partial charge in [0, 0.05) is 6.42 Å². The third kappa shape index (κ3) is 3.98. The van der Waals surface area contributed by atoms with Crippen LogP contribution in [0.4, 0.5) is 0 Å². The van der Waals surface area contributed by atoms with E-state index >= 15 is 0 Å². The Morgan fingerprint density at radius 3 is 2.44 bits per heavy atom. The van der Waals surface area contributed by atoms with E-state index in [-0.39, 0.29) is 24.9 Å². The topological polar surface area (TPSA) is 72.8 Å². The van der Waals surface area contributed by atoms with Crippen molar-refractivity contribution < 1.29 is 24.2 Å². The van der Waals surface area contributed by atoms with Crippen LogP contribution in [0.2, 0.25) is 0 Å². The molecule has 3 atom stereocenters. The van der Waals surface area contributed by atoms with Crippen LogP contribution in [0.15, 0.2) is 0 Å². The summed E-state index contributed by atoms with van der Waals surface area (Å²) in [6.07, 6.45) is 1.62. The molecule has 1 aliphatic carbocycles. The van der Waals surface area contributed by atoms with Gasteiger partial charge in [-0.25, -0.2) is 0 Å². The number of aliphatic hydroxyl groups is 1. The Hall–Kier alpha value is -1.10. The van der Waals surface area contributed by atoms with Crippen LogP contribution in [0, 0.1) is 11.8 Å². The van der Waals surface area contributed by atoms with E-state index in [9.17, 15) is 14.7 Å². The number of carbonyl (C=O) groups is 2. The van der Waals surface area contributed by atoms with Crippen LogP contribution in [-0.4, -0.2) is 36.4 Å². The molecule has 5 heteroatoms. The van der Waals surface area contributed by atoms with Gasteiger partial charge in [0.2, 0.25) is 0 Å². The van der Waals surface area contributed by atoms with Gasteiger partial charge < -0.3 is 14.6 Å². The second-order valence-electron chi connectivity index (χ2n) is 4.55. The van der Waals surface area contributed by atoms with Crippen LogP contribution >= 0.6 is 0 Å². The number of esters is 2. The summed E-state index contributed by atoms with van der Waals surface area (Å²) in [6, 6.07) is 0. The molecule has 0 aromatic rings. The predicted octanol–water partition coefficient (Wildman–Crippen LogP) is 1.28. The smallest absolute Gasteiger partial charge is 0.311 e. The van der Waals surface area contributed by atoms with E-state index in [2.05, 4.69) is 0 Å². The summed E-state index contributed by atoms with van der Waals surface area (Å²) in [5.41, 5.74) is 0. The molecule has 0 saturated heterocycles. The molecule has 1 rings (SSSR count). The number of aliphatic hydroxyl groups excluding tert-OH is 1. The van der Waals surface area contributed by atoms with Gasteiger partial charge in [-0.2, -0.15) is 0 Å². The number of ether oxygens (including phenoxy) is 2. The molecule has 0 aliphatic heterocycles. The van der Waals surface area contributed by atoms with E-state index in [1.54, 1.807) is 13.8 Å². The highest BCUT2D eigenvalue weighted by Gasteiger charge is 2.39. The quantitative estimate of drug-likeness (QED) is 0.752. The maximum atomic E-state index is 11.8. The van der Waals surface area contributed by atoms with Crippen molar-refractivity contribution in [3.63, 3.8) is 0 Å². The zero-order valence-electron chi connectivity index (χ0n) is 11.1. The Morgan fingerprint density at radius 2 is 1.83 bits per heavy atom. The number of hydrogen-bond donors (Lipinski definition) is 1. The molecular weight excluding hydrogens is 236 g/mol. The fourth-order valence-corrected chi connectivity index (χ4v) is 2.51. The van der Waals surface area contributed by atoms with Crippen molar-refractivity contribution in [2.24, 2.45) is 11.8 Å². The van der Waals surface area contributed by atoms with Gasteiger partial charge in [0.25, 0.3) is 0 Å². The molecule has 1 aliphatic rings. The molecule has 0 bridgehead atoms. The van der Waals surface area contributed by atoms with Crippen LogP contribution in [0.5, 0.6) is 0 Å². The average molecular weight is 258 g/mol. The summed E-state index contributed by atoms with van der Waals surface area (Å²) >= 11 is 0. The van der Waals surface area contributed by atoms with E-state index in [0.717, 1.165) is 12.8 Å². The Labute approximate surface area is 107 Å². The van der Waals surface area contributed by atoms with Gasteiger partial charge in [0.05, 0.1) is 25.2 Å². The van der Waals surface area contributed by atoms with E-state index in [4.69, 9.17) is 9.47 Å². The lowest BCUT2D eigenvalue weighted by molar-refractivity contribution is -0.159. The predicted molar refractivity (Wildman–Crippen MR) is 64.7 cm³/mol. The van der Waals surface area contributed by atoms with Crippen molar-refractivity contribution in [1.82, 2.24) is 0 Å². The van der Waals surface area contributed by atoms with Gasteiger partial charge in [-0.05, 0) is 32.6 Å². The lowest BCUT2D eigenvalue weighted by Gasteiger charge is -2.33. The maximum absolute atomic E-state index is 11.8. The molecule has 0 spiro atoms. The van der Waals surface area contributed by atoms with Crippen molar-refractivity contribution in [3.05, 3.63) is 0 Å². The van der Waals surface area contributed by atoms with E-state index in [1.807, 2.05) is 0 Å². The largest absolute Gasteiger partial charge is 0.466 e. The minimum atomic E-state index is -0.711. The molecule has 18 heavy (non-hydrogen) atoms. The summed E-state index contributed by atoms with van der Waals surface area (Å²) in [4.78, 5) is 23.3. The first kappa shape index (κ1) is 15.0. The summed E-state index contributed by atoms with van der Waals surface area (Å²) in [6.45, 7) is 4.09. The molecule has 1 N–H and O–H groups in total. The van der Waals surface area contributed by atoms with Gasteiger partial charge in [-0.1, -0.05) is 6.42 Å². The Kier molecular flexibility index (Phi) is 6.12. The molecule has 0 heterocycles. The summed E-state index contributed by atoms with van der Waals surface area (Å²) in [5, 5.41) is 9.93. The SMILES string of the molecule is CCOC(=O)C[C@@H]1CCC[C@@H](O)[C@H]1C(=O)OCC. The lowest BCUT2D eigenvalue weighted by atomic mass is 9.75. The highest BCUT2D eigenvalue weighted by molar-refractivity contribution is 5.76. The second kappa shape index (κ2) is 7.36. The van der Waals surface area contributed by atoms with E-state index in [1.165, 1.54) is 0 Å². The fraction of sp³-hybridized carbons (Fsp3) is 0.846. The lowest BCUT2D eigenvalue weighted by Crippen LogP contribution is -2.40. The Balaban J connectivity index is 2.66. The molecule has 104 valence electrons. The van der Waals surface area contributed by atoms with Gasteiger partial charge in [0.15, 0.2) is 0 Å². The first-order valence-electron chi connectivity index (χ1n) is 6.60. The van der Waals surface area contributed by atoms with Crippen LogP contribution < -0.4 is 0 Å². The van der Waals surface area contributed by atoms with Crippen molar-refractivity contribution in [1.29, 1.82) is 0 Å². The van der Waals surface area contributed by atoms with Gasteiger partial charge >= 0.3 is 11.9 Å². The first-order valence-corrected chi connectivity index (χ1v) is 6.60. The van der Waals surface area contributed by atoms with E-state index < -0.39 is 18.0 Å². The van der Waals surface area contributed by atoms with Crippen LogP contribution in [-0.2, 0) is 19.1 Å². The Morgan fingerprint density at radius 1 is 1.17 bits per heavy atom. The van der Waals surface area contributed by atoms with Gasteiger partial charge in [0.1, 0.15) is 0 Å². The summed E-state index contributed by atoms with van der Waals surface area (Å²) in [5.74, 6) is -1.49. The average Bonchev–Trinajstić information content (AvgIpc) is 2.29. The first-order chi connectivity index (χ1) is 8.60. The summed E-state index contributed by atoms with van der Waals surface area (Å²) < 4.78 is 9.87. The molecule has 0 unspecified atom stereocenters. The monoisotopic (exact) mass is 258 g/mol. The van der Waals surface area contributed by atoms with Gasteiger partial charge in [-0.3, -0.25) is 9.59 Å². The zero-order chi connectivity index (χ0) is 13.5. The number of rotatable bonds is 5. The molecule has 1 saturated carbocycles. The van der Waals surface area contributed by atoms with Crippen LogP contribution in [0.3, 0.4) is 0 Å². The molecule has 0 radical (unpaired) electrons. The minimum Gasteiger partial charge on any atom is -0.466 e. The third-order valence-corrected chi connectivity index (χ3v) is 3.29. The molecule has 1 fully saturated rings. The Bertz CT molecular complexity index is 289. The molecular formula is C13H22O5. The van der Waals surface area contributed by atoms with Crippen LogP contribution in [0.25, 0.3) is 0 Å². The standard InChI is InChI=1S/C13H22O5/c1-3-17-11(15)8-9-6-5-7-10(14)12(9)13(16)18-4-2/h9-10,12,14H,3-8H2,1-2H3/t9-,10+,12-/m0/s1. The van der Waals surface area contributed by atoms with Crippen molar-refractivity contribution in [2.45, 2.75) is 45.6 Å².